The number of hydrogen-bond acceptors (Lipinski definition) is 7. The van der Waals surface area contributed by atoms with Gasteiger partial charge in [0.1, 0.15) is 5.82 Å². The van der Waals surface area contributed by atoms with Crippen LogP contribution >= 0.6 is 0 Å². The lowest BCUT2D eigenvalue weighted by Crippen LogP contribution is -2.11. The molecule has 0 fully saturated rings. The quantitative estimate of drug-likeness (QED) is 0.431. The highest BCUT2D eigenvalue weighted by atomic mass is 19.4. The van der Waals surface area contributed by atoms with E-state index in [1.807, 2.05) is 25.1 Å². The third kappa shape index (κ3) is 4.79. The molecule has 3 N–H and O–H groups in total. The number of carbonyl (C=O) groups is 1. The van der Waals surface area contributed by atoms with Gasteiger partial charge in [0.15, 0.2) is 5.69 Å². The third-order valence-corrected chi connectivity index (χ3v) is 5.00. The molecule has 1 amide bonds. The fraction of sp³-hybridized carbons (Fsp3) is 0.174. The van der Waals surface area contributed by atoms with Crippen molar-refractivity contribution in [3.05, 3.63) is 71.4 Å². The molecular weight excluding hydrogens is 449 g/mol. The molecular formula is C23H19F3N6O2. The largest absolute Gasteiger partial charge is 0.434 e. The van der Waals surface area contributed by atoms with Gasteiger partial charge >= 0.3 is 6.18 Å². The molecule has 1 aromatic carbocycles. The smallest absolute Gasteiger partial charge is 0.378 e. The van der Waals surface area contributed by atoms with Crippen LogP contribution in [0.3, 0.4) is 0 Å². The van der Waals surface area contributed by atoms with E-state index in [1.165, 1.54) is 13.3 Å². The molecule has 0 spiro atoms. The molecule has 3 heterocycles. The highest BCUT2D eigenvalue weighted by Crippen LogP contribution is 2.32. The van der Waals surface area contributed by atoms with Gasteiger partial charge in [-0.3, -0.25) is 14.8 Å². The first-order valence-corrected chi connectivity index (χ1v) is 10.0. The number of nitrogens with two attached hydrogens (primary N) is 1. The Hall–Kier alpha value is -4.12. The fourth-order valence-electron chi connectivity index (χ4n) is 3.44. The minimum absolute atomic E-state index is 0.146. The van der Waals surface area contributed by atoms with Crippen LogP contribution in [0.5, 0.6) is 0 Å². The minimum atomic E-state index is -4.57. The number of nitrogens with zero attached hydrogens (tertiary/aromatic N) is 4. The number of nitrogens with one attached hydrogen (secondary N) is 1. The molecule has 0 saturated heterocycles. The molecule has 0 saturated carbocycles. The van der Waals surface area contributed by atoms with E-state index in [4.69, 9.17) is 10.5 Å². The minimum Gasteiger partial charge on any atom is -0.378 e. The third-order valence-electron chi connectivity index (χ3n) is 5.00. The van der Waals surface area contributed by atoms with Crippen molar-refractivity contribution in [3.8, 4) is 11.3 Å². The Morgan fingerprint density at radius 2 is 1.88 bits per heavy atom. The molecule has 0 aliphatic carbocycles. The number of rotatable bonds is 6. The molecule has 0 bridgehead atoms. The summed E-state index contributed by atoms with van der Waals surface area (Å²) in [7, 11) is 1.53. The number of alkyl halides is 3. The van der Waals surface area contributed by atoms with Crippen LogP contribution in [0.15, 0.2) is 48.9 Å². The van der Waals surface area contributed by atoms with Crippen LogP contribution in [-0.2, 0) is 17.5 Å². The summed E-state index contributed by atoms with van der Waals surface area (Å²) in [5.41, 5.74) is 8.54. The van der Waals surface area contributed by atoms with Gasteiger partial charge in [-0.2, -0.15) is 13.2 Å². The summed E-state index contributed by atoms with van der Waals surface area (Å²) < 4.78 is 43.6. The summed E-state index contributed by atoms with van der Waals surface area (Å²) in [5.74, 6) is -0.416. The summed E-state index contributed by atoms with van der Waals surface area (Å²) in [5, 5.41) is 3.72. The van der Waals surface area contributed by atoms with E-state index in [9.17, 15) is 18.0 Å². The zero-order chi connectivity index (χ0) is 24.5. The highest BCUT2D eigenvalue weighted by Gasteiger charge is 2.32. The number of aromatic nitrogens is 4. The van der Waals surface area contributed by atoms with E-state index in [1.54, 1.807) is 12.1 Å². The first kappa shape index (κ1) is 23.1. The molecule has 0 aliphatic heterocycles. The number of primary amides is 1. The Morgan fingerprint density at radius 3 is 2.50 bits per heavy atom. The number of fused-ring (bicyclic) bond motifs is 1. The summed E-state index contributed by atoms with van der Waals surface area (Å²) in [6, 6.07) is 8.88. The number of hydrogen-bond donors (Lipinski definition) is 2. The average molecular weight is 468 g/mol. The van der Waals surface area contributed by atoms with Crippen molar-refractivity contribution in [2.24, 2.45) is 5.73 Å². The first-order chi connectivity index (χ1) is 16.2. The molecule has 4 rings (SSSR count). The van der Waals surface area contributed by atoms with Crippen LogP contribution in [0, 0.1) is 6.92 Å². The molecule has 3 aromatic heterocycles. The molecule has 0 atom stereocenters. The number of benzene rings is 1. The van der Waals surface area contributed by atoms with Crippen LogP contribution in [0.2, 0.25) is 0 Å². The summed E-state index contributed by atoms with van der Waals surface area (Å²) >= 11 is 0. The van der Waals surface area contributed by atoms with Gasteiger partial charge in [0.05, 0.1) is 47.2 Å². The van der Waals surface area contributed by atoms with Crippen LogP contribution < -0.4 is 11.1 Å². The Morgan fingerprint density at radius 1 is 1.09 bits per heavy atom. The highest BCUT2D eigenvalue weighted by molar-refractivity contribution is 5.96. The van der Waals surface area contributed by atoms with E-state index in [2.05, 4.69) is 25.3 Å². The molecule has 0 unspecified atom stereocenters. The summed E-state index contributed by atoms with van der Waals surface area (Å²) in [4.78, 5) is 27.7. The van der Waals surface area contributed by atoms with E-state index in [0.29, 0.717) is 39.7 Å². The molecule has 0 aliphatic rings. The second kappa shape index (κ2) is 9.02. The van der Waals surface area contributed by atoms with Crippen molar-refractivity contribution in [1.82, 2.24) is 19.9 Å². The Labute approximate surface area is 192 Å². The van der Waals surface area contributed by atoms with E-state index in [-0.39, 0.29) is 12.4 Å². The predicted molar refractivity (Wildman–Crippen MR) is 119 cm³/mol. The molecule has 4 aromatic rings. The number of anilines is 2. The van der Waals surface area contributed by atoms with Gasteiger partial charge in [-0.25, -0.2) is 9.97 Å². The second-order valence-electron chi connectivity index (χ2n) is 7.49. The maximum atomic E-state index is 12.8. The number of halogens is 3. The summed E-state index contributed by atoms with van der Waals surface area (Å²) in [6.45, 7) is 2.04. The Kier molecular flexibility index (Phi) is 6.12. The van der Waals surface area contributed by atoms with Crippen LogP contribution in [-0.4, -0.2) is 33.0 Å². The van der Waals surface area contributed by atoms with Gasteiger partial charge in [-0.1, -0.05) is 12.1 Å². The molecule has 0 radical (unpaired) electrons. The zero-order valence-corrected chi connectivity index (χ0v) is 18.1. The van der Waals surface area contributed by atoms with Crippen molar-refractivity contribution in [3.63, 3.8) is 0 Å². The lowest BCUT2D eigenvalue weighted by atomic mass is 10.0. The van der Waals surface area contributed by atoms with Crippen molar-refractivity contribution in [2.75, 3.05) is 12.4 Å². The van der Waals surface area contributed by atoms with E-state index < -0.39 is 17.8 Å². The maximum absolute atomic E-state index is 12.8. The van der Waals surface area contributed by atoms with Gasteiger partial charge < -0.3 is 15.8 Å². The predicted octanol–water partition coefficient (Wildman–Crippen LogP) is 4.40. The van der Waals surface area contributed by atoms with Crippen molar-refractivity contribution in [1.29, 1.82) is 0 Å². The van der Waals surface area contributed by atoms with Crippen LogP contribution in [0.4, 0.5) is 24.7 Å². The van der Waals surface area contributed by atoms with Gasteiger partial charge in [0.25, 0.3) is 0 Å². The number of methoxy groups -OCH3 is 1. The molecule has 34 heavy (non-hydrogen) atoms. The van der Waals surface area contributed by atoms with Crippen LogP contribution in [0.1, 0.15) is 27.3 Å². The topological polar surface area (TPSA) is 116 Å². The molecule has 8 nitrogen and oxygen atoms in total. The van der Waals surface area contributed by atoms with Crippen molar-refractivity contribution < 1.29 is 22.7 Å². The standard InChI is InChI=1S/C23H19F3N6O2/c1-12-5-14(22(27)33)8-30-21(12)13-3-4-16-17(6-13)31-15(11-34-2)7-18(16)32-20-10-28-19(9-29-20)23(24,25)26/h3-10H,11H2,1-2H3,(H2,27,33)(H,29,31,32). The zero-order valence-electron chi connectivity index (χ0n) is 18.1. The number of pyridine rings is 2. The number of carbonyl (C=O) groups excluding carboxylic acids is 1. The SMILES string of the molecule is COCc1cc(Nc2cnc(C(F)(F)F)cn2)c2ccc(-c3ncc(C(N)=O)cc3C)cc2n1. The van der Waals surface area contributed by atoms with Crippen LogP contribution in [0.25, 0.3) is 22.2 Å². The Balaban J connectivity index is 1.75. The van der Waals surface area contributed by atoms with Crippen molar-refractivity contribution >= 4 is 28.3 Å². The lowest BCUT2D eigenvalue weighted by Gasteiger charge is -2.13. The monoisotopic (exact) mass is 468 g/mol. The molecule has 11 heteroatoms. The number of amides is 1. The van der Waals surface area contributed by atoms with Crippen molar-refractivity contribution in [2.45, 2.75) is 19.7 Å². The van der Waals surface area contributed by atoms with E-state index >= 15 is 0 Å². The van der Waals surface area contributed by atoms with Gasteiger partial charge in [-0.05, 0) is 30.7 Å². The lowest BCUT2D eigenvalue weighted by molar-refractivity contribution is -0.141. The second-order valence-corrected chi connectivity index (χ2v) is 7.49. The molecule has 174 valence electrons. The van der Waals surface area contributed by atoms with Gasteiger partial charge in [-0.15, -0.1) is 0 Å². The average Bonchev–Trinajstić information content (AvgIpc) is 2.78. The maximum Gasteiger partial charge on any atom is 0.434 e. The summed E-state index contributed by atoms with van der Waals surface area (Å²) in [6.07, 6.45) is -1.46. The van der Waals surface area contributed by atoms with Gasteiger partial charge in [0, 0.05) is 24.3 Å². The fourth-order valence-corrected chi connectivity index (χ4v) is 3.44. The Bertz CT molecular complexity index is 1370. The number of aryl methyl sites for hydroxylation is 1. The van der Waals surface area contributed by atoms with Gasteiger partial charge in [0.2, 0.25) is 5.91 Å². The first-order valence-electron chi connectivity index (χ1n) is 10.0. The van der Waals surface area contributed by atoms with E-state index in [0.717, 1.165) is 17.3 Å². The normalized spacial score (nSPS) is 11.6. The number of ether oxygens (including phenoxy) is 1.